The molecule has 1 amide bonds. The van der Waals surface area contributed by atoms with Crippen LogP contribution < -0.4 is 5.32 Å². The predicted octanol–water partition coefficient (Wildman–Crippen LogP) is 6.11. The Bertz CT molecular complexity index is 1020. The summed E-state index contributed by atoms with van der Waals surface area (Å²) in [6.45, 7) is 6.60. The molecule has 2 heteroatoms. The number of carbonyl (C=O) groups excluding carboxylic acids is 1. The van der Waals surface area contributed by atoms with E-state index in [-0.39, 0.29) is 29.6 Å². The van der Waals surface area contributed by atoms with Crippen LogP contribution in [-0.2, 0) is 4.79 Å². The van der Waals surface area contributed by atoms with Gasteiger partial charge in [-0.2, -0.15) is 0 Å². The number of aryl methyl sites for hydroxylation is 1. The van der Waals surface area contributed by atoms with Crippen molar-refractivity contribution in [3.8, 4) is 0 Å². The average Bonchev–Trinajstić information content (AvgIpc) is 2.74. The van der Waals surface area contributed by atoms with Crippen molar-refractivity contribution in [2.75, 3.05) is 5.32 Å². The molecule has 2 bridgehead atoms. The van der Waals surface area contributed by atoms with Crippen molar-refractivity contribution in [3.05, 3.63) is 101 Å². The molecule has 1 N–H and O–H groups in total. The van der Waals surface area contributed by atoms with E-state index in [0.29, 0.717) is 5.92 Å². The van der Waals surface area contributed by atoms with Crippen molar-refractivity contribution in [2.45, 2.75) is 32.6 Å². The molecule has 3 aliphatic rings. The van der Waals surface area contributed by atoms with Gasteiger partial charge in [-0.25, -0.2) is 0 Å². The van der Waals surface area contributed by atoms with Gasteiger partial charge in [-0.05, 0) is 53.1 Å². The molecule has 146 valence electrons. The summed E-state index contributed by atoms with van der Waals surface area (Å²) in [4.78, 5) is 13.7. The Hall–Kier alpha value is -2.87. The molecule has 0 heterocycles. The Morgan fingerprint density at radius 3 is 1.72 bits per heavy atom. The number of fused-ring (bicyclic) bond motifs is 1. The van der Waals surface area contributed by atoms with E-state index in [1.807, 2.05) is 24.3 Å². The first-order valence-corrected chi connectivity index (χ1v) is 10.6. The van der Waals surface area contributed by atoms with Gasteiger partial charge in [0.05, 0.1) is 5.92 Å². The summed E-state index contributed by atoms with van der Waals surface area (Å²) in [5.41, 5.74) is 7.56. The molecule has 0 spiro atoms. The molecular weight excluding hydrogens is 354 g/mol. The van der Waals surface area contributed by atoms with Crippen molar-refractivity contribution >= 4 is 11.6 Å². The minimum absolute atomic E-state index is 0.0638. The highest BCUT2D eigenvalue weighted by molar-refractivity contribution is 5.95. The van der Waals surface area contributed by atoms with E-state index in [9.17, 15) is 4.79 Å². The number of amides is 1. The lowest BCUT2D eigenvalue weighted by molar-refractivity contribution is -0.123. The zero-order valence-electron chi connectivity index (χ0n) is 17.2. The maximum absolute atomic E-state index is 13.7. The second-order valence-corrected chi connectivity index (χ2v) is 8.92. The standard InChI is InChI=1S/C27H27NO/c1-16(2)23-24-19-8-4-6-10-21(19)25(22-11-7-5-9-20(22)24)26(23)27(29)28-18-14-12-17(3)13-15-18/h4-16,23-26H,1-3H3,(H,28,29). The van der Waals surface area contributed by atoms with Crippen LogP contribution in [0.5, 0.6) is 0 Å². The van der Waals surface area contributed by atoms with Crippen LogP contribution >= 0.6 is 0 Å². The highest BCUT2D eigenvalue weighted by atomic mass is 16.1. The zero-order chi connectivity index (χ0) is 20.1. The topological polar surface area (TPSA) is 29.1 Å². The second kappa shape index (κ2) is 6.88. The highest BCUT2D eigenvalue weighted by Gasteiger charge is 2.53. The van der Waals surface area contributed by atoms with E-state index in [1.165, 1.54) is 27.8 Å². The van der Waals surface area contributed by atoms with Gasteiger partial charge >= 0.3 is 0 Å². The molecule has 29 heavy (non-hydrogen) atoms. The number of hydrogen-bond acceptors (Lipinski definition) is 1. The summed E-state index contributed by atoms with van der Waals surface area (Å²) < 4.78 is 0. The van der Waals surface area contributed by atoms with Gasteiger partial charge in [-0.1, -0.05) is 80.1 Å². The van der Waals surface area contributed by atoms with Crippen LogP contribution in [0.15, 0.2) is 72.8 Å². The minimum atomic E-state index is -0.0638. The first-order chi connectivity index (χ1) is 14.1. The smallest absolute Gasteiger partial charge is 0.228 e. The number of carbonyl (C=O) groups is 1. The SMILES string of the molecule is Cc1ccc(NC(=O)C2C3c4ccccc4C(c4ccccc43)C2C(C)C)cc1. The van der Waals surface area contributed by atoms with Gasteiger partial charge in [0, 0.05) is 17.5 Å². The predicted molar refractivity (Wildman–Crippen MR) is 118 cm³/mol. The Labute approximate surface area is 173 Å². The van der Waals surface area contributed by atoms with Crippen LogP contribution in [-0.4, -0.2) is 5.91 Å². The van der Waals surface area contributed by atoms with Crippen molar-refractivity contribution in [1.29, 1.82) is 0 Å². The molecule has 0 aliphatic heterocycles. The highest BCUT2D eigenvalue weighted by Crippen LogP contribution is 2.60. The molecule has 0 aromatic heterocycles. The number of rotatable bonds is 3. The average molecular weight is 382 g/mol. The van der Waals surface area contributed by atoms with E-state index >= 15 is 0 Å². The van der Waals surface area contributed by atoms with Crippen LogP contribution in [0.1, 0.15) is 53.5 Å². The van der Waals surface area contributed by atoms with E-state index < -0.39 is 0 Å². The molecule has 3 aromatic rings. The van der Waals surface area contributed by atoms with Gasteiger partial charge in [0.1, 0.15) is 0 Å². The Kier molecular flexibility index (Phi) is 4.31. The zero-order valence-corrected chi connectivity index (χ0v) is 17.2. The molecule has 3 aliphatic carbocycles. The molecular formula is C27H27NO. The largest absolute Gasteiger partial charge is 0.326 e. The normalized spacial score (nSPS) is 24.1. The molecule has 3 aromatic carbocycles. The van der Waals surface area contributed by atoms with Crippen molar-refractivity contribution in [1.82, 2.24) is 0 Å². The Balaban J connectivity index is 1.63. The summed E-state index contributed by atoms with van der Waals surface area (Å²) in [5.74, 6) is 1.18. The molecule has 2 nitrogen and oxygen atoms in total. The molecule has 6 rings (SSSR count). The maximum Gasteiger partial charge on any atom is 0.228 e. The molecule has 2 unspecified atom stereocenters. The molecule has 2 atom stereocenters. The fraction of sp³-hybridized carbons (Fsp3) is 0.296. The van der Waals surface area contributed by atoms with Crippen LogP contribution in [0.2, 0.25) is 0 Å². The van der Waals surface area contributed by atoms with Crippen LogP contribution in [0.25, 0.3) is 0 Å². The molecule has 0 saturated heterocycles. The van der Waals surface area contributed by atoms with Gasteiger partial charge in [0.15, 0.2) is 0 Å². The Morgan fingerprint density at radius 1 is 0.759 bits per heavy atom. The van der Waals surface area contributed by atoms with Gasteiger partial charge < -0.3 is 5.32 Å². The van der Waals surface area contributed by atoms with E-state index in [1.54, 1.807) is 0 Å². The molecule has 0 fully saturated rings. The van der Waals surface area contributed by atoms with E-state index in [0.717, 1.165) is 5.69 Å². The van der Waals surface area contributed by atoms with Crippen LogP contribution in [0.3, 0.4) is 0 Å². The fourth-order valence-electron chi connectivity index (χ4n) is 5.71. The summed E-state index contributed by atoms with van der Waals surface area (Å²) in [7, 11) is 0. The number of anilines is 1. The quantitative estimate of drug-likeness (QED) is 0.582. The van der Waals surface area contributed by atoms with Gasteiger partial charge in [0.2, 0.25) is 5.91 Å². The lowest BCUT2D eigenvalue weighted by Crippen LogP contribution is -2.47. The van der Waals surface area contributed by atoms with Crippen molar-refractivity contribution in [3.63, 3.8) is 0 Å². The van der Waals surface area contributed by atoms with E-state index in [4.69, 9.17) is 0 Å². The van der Waals surface area contributed by atoms with Crippen LogP contribution in [0, 0.1) is 24.7 Å². The van der Waals surface area contributed by atoms with Crippen LogP contribution in [0.4, 0.5) is 5.69 Å². The summed E-state index contributed by atoms with van der Waals surface area (Å²) in [5, 5.41) is 3.23. The number of benzene rings is 3. The summed E-state index contributed by atoms with van der Waals surface area (Å²) in [6, 6.07) is 25.6. The maximum atomic E-state index is 13.7. The Morgan fingerprint density at radius 2 is 1.24 bits per heavy atom. The fourth-order valence-corrected chi connectivity index (χ4v) is 5.71. The van der Waals surface area contributed by atoms with Gasteiger partial charge in [-0.3, -0.25) is 4.79 Å². The first-order valence-electron chi connectivity index (χ1n) is 10.6. The number of nitrogens with one attached hydrogen (secondary N) is 1. The minimum Gasteiger partial charge on any atom is -0.326 e. The third-order valence-electron chi connectivity index (χ3n) is 6.88. The lowest BCUT2D eigenvalue weighted by atomic mass is 9.52. The summed E-state index contributed by atoms with van der Waals surface area (Å²) in [6.07, 6.45) is 0. The molecule has 0 saturated carbocycles. The molecule has 0 radical (unpaired) electrons. The lowest BCUT2D eigenvalue weighted by Gasteiger charge is -2.51. The third kappa shape index (κ3) is 2.81. The second-order valence-electron chi connectivity index (χ2n) is 8.92. The van der Waals surface area contributed by atoms with E-state index in [2.05, 4.69) is 74.6 Å². The third-order valence-corrected chi connectivity index (χ3v) is 6.88. The van der Waals surface area contributed by atoms with Gasteiger partial charge in [-0.15, -0.1) is 0 Å². The summed E-state index contributed by atoms with van der Waals surface area (Å²) >= 11 is 0. The van der Waals surface area contributed by atoms with Gasteiger partial charge in [0.25, 0.3) is 0 Å². The number of hydrogen-bond donors (Lipinski definition) is 1. The van der Waals surface area contributed by atoms with Crippen molar-refractivity contribution < 1.29 is 4.79 Å². The monoisotopic (exact) mass is 381 g/mol. The van der Waals surface area contributed by atoms with Crippen molar-refractivity contribution in [2.24, 2.45) is 17.8 Å². The first kappa shape index (κ1) is 18.2.